The zero-order chi connectivity index (χ0) is 24.4. The van der Waals surface area contributed by atoms with E-state index in [4.69, 9.17) is 4.42 Å². The predicted octanol–water partition coefficient (Wildman–Crippen LogP) is 3.07. The molecule has 3 aromatic rings. The fourth-order valence-corrected chi connectivity index (χ4v) is 4.48. The van der Waals surface area contributed by atoms with Gasteiger partial charge in [-0.15, -0.1) is 0 Å². The highest BCUT2D eigenvalue weighted by atomic mass is 32.2. The Bertz CT molecular complexity index is 1150. The van der Waals surface area contributed by atoms with Crippen LogP contribution in [0.3, 0.4) is 0 Å². The Labute approximate surface area is 200 Å². The van der Waals surface area contributed by atoms with Gasteiger partial charge in [0, 0.05) is 6.54 Å². The number of sulfonamides is 1. The first-order chi connectivity index (χ1) is 16.4. The van der Waals surface area contributed by atoms with Crippen LogP contribution in [0.15, 0.2) is 88.4 Å². The number of carbonyl (C=O) groups excluding carboxylic acids is 2. The van der Waals surface area contributed by atoms with E-state index in [0.29, 0.717) is 25.1 Å². The van der Waals surface area contributed by atoms with Gasteiger partial charge in [0.1, 0.15) is 11.8 Å². The molecule has 0 aliphatic carbocycles. The van der Waals surface area contributed by atoms with E-state index >= 15 is 0 Å². The van der Waals surface area contributed by atoms with Crippen molar-refractivity contribution in [1.82, 2.24) is 14.9 Å². The van der Waals surface area contributed by atoms with Crippen molar-refractivity contribution in [3.63, 3.8) is 0 Å². The van der Waals surface area contributed by atoms with E-state index in [-0.39, 0.29) is 17.3 Å². The summed E-state index contributed by atoms with van der Waals surface area (Å²) in [5, 5.41) is 2.89. The lowest BCUT2D eigenvalue weighted by atomic mass is 10.1. The first-order valence-corrected chi connectivity index (χ1v) is 12.6. The summed E-state index contributed by atoms with van der Waals surface area (Å²) in [6.45, 7) is 1.81. The average molecular weight is 484 g/mol. The molecule has 0 aliphatic rings. The van der Waals surface area contributed by atoms with Crippen molar-refractivity contribution in [2.75, 3.05) is 6.54 Å². The molecule has 1 heterocycles. The molecule has 0 fully saturated rings. The van der Waals surface area contributed by atoms with Crippen LogP contribution in [0.4, 0.5) is 0 Å². The van der Waals surface area contributed by atoms with Gasteiger partial charge in [0.25, 0.3) is 0 Å². The van der Waals surface area contributed by atoms with Crippen molar-refractivity contribution < 1.29 is 22.4 Å². The number of furan rings is 1. The lowest BCUT2D eigenvalue weighted by Crippen LogP contribution is -2.51. The Kier molecular flexibility index (Phi) is 9.00. The topological polar surface area (TPSA) is 109 Å². The molecule has 2 amide bonds. The minimum Gasteiger partial charge on any atom is -0.467 e. The molecule has 3 rings (SSSR count). The second-order valence-corrected chi connectivity index (χ2v) is 9.51. The van der Waals surface area contributed by atoms with Gasteiger partial charge in [0.05, 0.1) is 24.2 Å². The average Bonchev–Trinajstić information content (AvgIpc) is 3.38. The molecular weight excluding hydrogens is 454 g/mol. The van der Waals surface area contributed by atoms with Crippen molar-refractivity contribution >= 4 is 21.8 Å². The molecule has 0 bridgehead atoms. The van der Waals surface area contributed by atoms with Gasteiger partial charge >= 0.3 is 0 Å². The van der Waals surface area contributed by atoms with Crippen LogP contribution in [0.5, 0.6) is 0 Å². The first-order valence-electron chi connectivity index (χ1n) is 11.1. The van der Waals surface area contributed by atoms with Gasteiger partial charge in [-0.05, 0) is 36.2 Å². The third kappa shape index (κ3) is 7.03. The summed E-state index contributed by atoms with van der Waals surface area (Å²) >= 11 is 0. The van der Waals surface area contributed by atoms with Crippen molar-refractivity contribution in [3.8, 4) is 0 Å². The van der Waals surface area contributed by atoms with Gasteiger partial charge in [-0.3, -0.25) is 9.59 Å². The lowest BCUT2D eigenvalue weighted by Gasteiger charge is -2.30. The molecule has 2 N–H and O–H groups in total. The van der Waals surface area contributed by atoms with Crippen LogP contribution >= 0.6 is 0 Å². The number of hydrogen-bond acceptors (Lipinski definition) is 5. The molecule has 1 atom stereocenters. The molecule has 1 aromatic heterocycles. The Hall–Kier alpha value is -3.43. The maximum Gasteiger partial charge on any atom is 0.243 e. The van der Waals surface area contributed by atoms with Crippen LogP contribution in [0.25, 0.3) is 0 Å². The zero-order valence-corrected chi connectivity index (χ0v) is 19.8. The molecule has 34 heavy (non-hydrogen) atoms. The number of nitrogens with zero attached hydrogens (tertiary/aromatic N) is 1. The summed E-state index contributed by atoms with van der Waals surface area (Å²) in [7, 11) is -3.88. The smallest absolute Gasteiger partial charge is 0.243 e. The standard InChI is InChI=1S/C25H29N3O5S/c1-2-10-23(25(30)26-17-20-11-5-3-6-12-20)28(19-21-13-9-16-33-21)24(29)18-27-34(31,32)22-14-7-4-8-15-22/h3-9,11-16,23,27H,2,10,17-19H2,1H3,(H,26,30). The maximum atomic E-state index is 13.2. The van der Waals surface area contributed by atoms with E-state index in [0.717, 1.165) is 5.56 Å². The number of rotatable bonds is 12. The Balaban J connectivity index is 1.76. The van der Waals surface area contributed by atoms with Crippen LogP contribution in [-0.2, 0) is 32.7 Å². The second-order valence-electron chi connectivity index (χ2n) is 7.75. The highest BCUT2D eigenvalue weighted by Crippen LogP contribution is 2.15. The van der Waals surface area contributed by atoms with E-state index in [1.165, 1.54) is 23.3 Å². The van der Waals surface area contributed by atoms with Crippen molar-refractivity contribution in [3.05, 3.63) is 90.4 Å². The van der Waals surface area contributed by atoms with Gasteiger partial charge in [-0.2, -0.15) is 0 Å². The molecule has 0 saturated carbocycles. The van der Waals surface area contributed by atoms with Crippen molar-refractivity contribution in [2.45, 2.75) is 43.8 Å². The minimum absolute atomic E-state index is 0.0440. The summed E-state index contributed by atoms with van der Waals surface area (Å²) in [5.74, 6) is -0.336. The zero-order valence-electron chi connectivity index (χ0n) is 19.0. The molecular formula is C25H29N3O5S. The Morgan fingerprint density at radius 3 is 2.26 bits per heavy atom. The molecule has 0 saturated heterocycles. The van der Waals surface area contributed by atoms with E-state index in [9.17, 15) is 18.0 Å². The van der Waals surface area contributed by atoms with Gasteiger partial charge in [-0.25, -0.2) is 13.1 Å². The highest BCUT2D eigenvalue weighted by molar-refractivity contribution is 7.89. The fraction of sp³-hybridized carbons (Fsp3) is 0.280. The van der Waals surface area contributed by atoms with Gasteiger partial charge in [-0.1, -0.05) is 61.9 Å². The highest BCUT2D eigenvalue weighted by Gasteiger charge is 2.30. The van der Waals surface area contributed by atoms with Gasteiger partial charge < -0.3 is 14.6 Å². The van der Waals surface area contributed by atoms with Crippen molar-refractivity contribution in [1.29, 1.82) is 0 Å². The van der Waals surface area contributed by atoms with Crippen LogP contribution < -0.4 is 10.0 Å². The third-order valence-corrected chi connectivity index (χ3v) is 6.66. The molecule has 0 spiro atoms. The molecule has 0 radical (unpaired) electrons. The number of carbonyl (C=O) groups is 2. The summed E-state index contributed by atoms with van der Waals surface area (Å²) < 4.78 is 32.9. The maximum absolute atomic E-state index is 13.2. The number of hydrogen-bond donors (Lipinski definition) is 2. The fourth-order valence-electron chi connectivity index (χ4n) is 3.49. The largest absolute Gasteiger partial charge is 0.467 e. The summed E-state index contributed by atoms with van der Waals surface area (Å²) in [5.41, 5.74) is 0.936. The van der Waals surface area contributed by atoms with E-state index in [1.54, 1.807) is 30.3 Å². The number of nitrogens with one attached hydrogen (secondary N) is 2. The third-order valence-electron chi connectivity index (χ3n) is 5.24. The molecule has 2 aromatic carbocycles. The van der Waals surface area contributed by atoms with Gasteiger partial charge in [0.15, 0.2) is 0 Å². The lowest BCUT2D eigenvalue weighted by molar-refractivity contribution is -0.141. The predicted molar refractivity (Wildman–Crippen MR) is 128 cm³/mol. The SMILES string of the molecule is CCCC(C(=O)NCc1ccccc1)N(Cc1ccco1)C(=O)CNS(=O)(=O)c1ccccc1. The normalized spacial score (nSPS) is 12.1. The molecule has 1 unspecified atom stereocenters. The molecule has 180 valence electrons. The molecule has 8 nitrogen and oxygen atoms in total. The van der Waals surface area contributed by atoms with E-state index in [1.807, 2.05) is 37.3 Å². The van der Waals surface area contributed by atoms with Crippen LogP contribution in [0.2, 0.25) is 0 Å². The Morgan fingerprint density at radius 1 is 0.971 bits per heavy atom. The minimum atomic E-state index is -3.88. The second kappa shape index (κ2) is 12.2. The summed E-state index contributed by atoms with van der Waals surface area (Å²) in [6, 6.07) is 19.9. The number of benzene rings is 2. The van der Waals surface area contributed by atoms with Crippen LogP contribution in [-0.4, -0.2) is 37.7 Å². The van der Waals surface area contributed by atoms with Crippen LogP contribution in [0.1, 0.15) is 31.1 Å². The summed E-state index contributed by atoms with van der Waals surface area (Å²) in [4.78, 5) is 27.8. The van der Waals surface area contributed by atoms with E-state index in [2.05, 4.69) is 10.0 Å². The van der Waals surface area contributed by atoms with Gasteiger partial charge in [0.2, 0.25) is 21.8 Å². The Morgan fingerprint density at radius 2 is 1.65 bits per heavy atom. The monoisotopic (exact) mass is 483 g/mol. The van der Waals surface area contributed by atoms with E-state index < -0.39 is 28.5 Å². The molecule has 9 heteroatoms. The van der Waals surface area contributed by atoms with Crippen LogP contribution in [0, 0.1) is 0 Å². The summed E-state index contributed by atoms with van der Waals surface area (Å²) in [6.07, 6.45) is 2.56. The van der Waals surface area contributed by atoms with Crippen molar-refractivity contribution in [2.24, 2.45) is 0 Å². The number of amides is 2. The molecule has 0 aliphatic heterocycles. The first kappa shape index (κ1) is 25.2. The quantitative estimate of drug-likeness (QED) is 0.412.